The topological polar surface area (TPSA) is 76.1 Å². The van der Waals surface area contributed by atoms with Crippen LogP contribution in [0.4, 0.5) is 10.1 Å². The number of esters is 1. The predicted molar refractivity (Wildman–Crippen MR) is 75.8 cm³/mol. The first-order valence-electron chi connectivity index (χ1n) is 6.23. The summed E-state index contributed by atoms with van der Waals surface area (Å²) < 4.78 is 18.3. The Morgan fingerprint density at radius 3 is 2.81 bits per heavy atom. The number of nitrogens with two attached hydrogens (primary N) is 1. The number of carbonyl (C=O) groups is 1. The van der Waals surface area contributed by atoms with Gasteiger partial charge in [0, 0.05) is 11.3 Å². The summed E-state index contributed by atoms with van der Waals surface area (Å²) in [6.45, 7) is 1.64. The molecule has 0 aromatic heterocycles. The number of halogens is 1. The molecule has 0 aliphatic rings. The fraction of sp³-hybridized carbons (Fsp3) is 0.125. The van der Waals surface area contributed by atoms with Crippen LogP contribution in [0.15, 0.2) is 36.4 Å². The molecule has 4 nitrogen and oxygen atoms in total. The fourth-order valence-corrected chi connectivity index (χ4v) is 1.86. The monoisotopic (exact) mass is 284 g/mol. The van der Waals surface area contributed by atoms with Gasteiger partial charge >= 0.3 is 5.97 Å². The molecule has 0 fully saturated rings. The van der Waals surface area contributed by atoms with Crippen molar-refractivity contribution in [2.75, 3.05) is 5.73 Å². The summed E-state index contributed by atoms with van der Waals surface area (Å²) in [7, 11) is 0. The molecule has 0 saturated heterocycles. The minimum atomic E-state index is -0.607. The first-order valence-corrected chi connectivity index (χ1v) is 6.23. The van der Waals surface area contributed by atoms with Crippen LogP contribution >= 0.6 is 0 Å². The van der Waals surface area contributed by atoms with E-state index in [0.29, 0.717) is 11.3 Å². The Labute approximate surface area is 121 Å². The summed E-state index contributed by atoms with van der Waals surface area (Å²) in [5, 5.41) is 8.94. The van der Waals surface area contributed by atoms with Gasteiger partial charge in [-0.3, -0.25) is 0 Å². The molecule has 106 valence electrons. The highest BCUT2D eigenvalue weighted by Gasteiger charge is 2.13. The van der Waals surface area contributed by atoms with E-state index in [0.717, 1.165) is 5.56 Å². The molecular weight excluding hydrogens is 271 g/mol. The van der Waals surface area contributed by atoms with Gasteiger partial charge in [0.25, 0.3) is 0 Å². The Balaban J connectivity index is 2.17. The normalized spacial score (nSPS) is 9.95. The lowest BCUT2D eigenvalue weighted by molar-refractivity contribution is 0.0473. The lowest BCUT2D eigenvalue weighted by Gasteiger charge is -2.09. The molecular formula is C16H13FN2O2. The van der Waals surface area contributed by atoms with Gasteiger partial charge in [0.2, 0.25) is 0 Å². The highest BCUT2D eigenvalue weighted by molar-refractivity contribution is 5.95. The molecule has 0 radical (unpaired) electrons. The van der Waals surface area contributed by atoms with Gasteiger partial charge in [-0.15, -0.1) is 0 Å². The molecule has 2 aromatic carbocycles. The summed E-state index contributed by atoms with van der Waals surface area (Å²) in [6.07, 6.45) is 0. The molecule has 0 bridgehead atoms. The van der Waals surface area contributed by atoms with Crippen LogP contribution in [0.2, 0.25) is 0 Å². The van der Waals surface area contributed by atoms with E-state index in [-0.39, 0.29) is 17.7 Å². The second-order valence-electron chi connectivity index (χ2n) is 4.58. The zero-order valence-corrected chi connectivity index (χ0v) is 11.4. The molecule has 5 heteroatoms. The van der Waals surface area contributed by atoms with Crippen molar-refractivity contribution in [3.63, 3.8) is 0 Å². The van der Waals surface area contributed by atoms with E-state index in [9.17, 15) is 9.18 Å². The molecule has 2 N–H and O–H groups in total. The first-order chi connectivity index (χ1) is 10.0. The molecule has 21 heavy (non-hydrogen) atoms. The minimum absolute atomic E-state index is 0.188. The van der Waals surface area contributed by atoms with Crippen LogP contribution in [-0.4, -0.2) is 5.97 Å². The zero-order valence-electron chi connectivity index (χ0n) is 11.4. The van der Waals surface area contributed by atoms with Crippen molar-refractivity contribution in [2.24, 2.45) is 0 Å². The van der Waals surface area contributed by atoms with Gasteiger partial charge in [-0.1, -0.05) is 11.6 Å². The number of benzene rings is 2. The summed E-state index contributed by atoms with van der Waals surface area (Å²) in [5.74, 6) is -1.10. The number of nitrogens with zero attached hydrogens (tertiary/aromatic N) is 1. The number of hydrogen-bond donors (Lipinski definition) is 1. The lowest BCUT2D eigenvalue weighted by atomic mass is 10.1. The standard InChI is InChI=1S/C16H13FN2O2/c1-10-2-5-15(19)14(6-10)16(20)21-9-12-7-13(17)4-3-11(12)8-18/h2-7H,9,19H2,1H3. The Kier molecular flexibility index (Phi) is 4.19. The molecule has 2 aromatic rings. The highest BCUT2D eigenvalue weighted by atomic mass is 19.1. The van der Waals surface area contributed by atoms with Crippen molar-refractivity contribution in [3.8, 4) is 6.07 Å². The number of hydrogen-bond acceptors (Lipinski definition) is 4. The number of aryl methyl sites for hydroxylation is 1. The van der Waals surface area contributed by atoms with Crippen molar-refractivity contribution in [3.05, 3.63) is 64.5 Å². The van der Waals surface area contributed by atoms with Gasteiger partial charge in [-0.25, -0.2) is 9.18 Å². The third-order valence-electron chi connectivity index (χ3n) is 2.98. The summed E-state index contributed by atoms with van der Waals surface area (Å²) in [6, 6.07) is 10.6. The Morgan fingerprint density at radius 1 is 1.33 bits per heavy atom. The van der Waals surface area contributed by atoms with Gasteiger partial charge in [0.05, 0.1) is 17.2 Å². The number of nitrogen functional groups attached to an aromatic ring is 1. The Hall–Kier alpha value is -2.87. The van der Waals surface area contributed by atoms with Gasteiger partial charge < -0.3 is 10.5 Å². The van der Waals surface area contributed by atoms with Gasteiger partial charge in [-0.2, -0.15) is 5.26 Å². The Bertz CT molecular complexity index is 736. The molecule has 0 unspecified atom stereocenters. The molecule has 0 spiro atoms. The van der Waals surface area contributed by atoms with E-state index >= 15 is 0 Å². The van der Waals surface area contributed by atoms with E-state index in [4.69, 9.17) is 15.7 Å². The SMILES string of the molecule is Cc1ccc(N)c(C(=O)OCc2cc(F)ccc2C#N)c1. The van der Waals surface area contributed by atoms with E-state index < -0.39 is 11.8 Å². The second-order valence-corrected chi connectivity index (χ2v) is 4.58. The summed E-state index contributed by atoms with van der Waals surface area (Å²) >= 11 is 0. The average molecular weight is 284 g/mol. The maximum Gasteiger partial charge on any atom is 0.340 e. The van der Waals surface area contributed by atoms with E-state index in [1.165, 1.54) is 18.2 Å². The molecule has 2 rings (SSSR count). The van der Waals surface area contributed by atoms with Crippen LogP contribution in [0, 0.1) is 24.1 Å². The third kappa shape index (κ3) is 3.37. The number of rotatable bonds is 3. The number of nitriles is 1. The fourth-order valence-electron chi connectivity index (χ4n) is 1.86. The largest absolute Gasteiger partial charge is 0.457 e. The first kappa shape index (κ1) is 14.5. The van der Waals surface area contributed by atoms with Crippen molar-refractivity contribution < 1.29 is 13.9 Å². The smallest absolute Gasteiger partial charge is 0.340 e. The molecule has 0 atom stereocenters. The van der Waals surface area contributed by atoms with Crippen molar-refractivity contribution in [2.45, 2.75) is 13.5 Å². The molecule has 0 saturated carbocycles. The zero-order chi connectivity index (χ0) is 15.4. The highest BCUT2D eigenvalue weighted by Crippen LogP contribution is 2.17. The van der Waals surface area contributed by atoms with E-state index in [1.54, 1.807) is 18.2 Å². The maximum absolute atomic E-state index is 13.2. The van der Waals surface area contributed by atoms with Gasteiger partial charge in [0.1, 0.15) is 12.4 Å². The molecule has 0 aliphatic heterocycles. The van der Waals surface area contributed by atoms with Gasteiger partial charge in [-0.05, 0) is 37.3 Å². The Morgan fingerprint density at radius 2 is 2.10 bits per heavy atom. The number of ether oxygens (including phenoxy) is 1. The maximum atomic E-state index is 13.2. The molecule has 0 aliphatic carbocycles. The van der Waals surface area contributed by atoms with E-state index in [2.05, 4.69) is 0 Å². The number of anilines is 1. The second kappa shape index (κ2) is 6.06. The van der Waals surface area contributed by atoms with E-state index in [1.807, 2.05) is 13.0 Å². The minimum Gasteiger partial charge on any atom is -0.457 e. The van der Waals surface area contributed by atoms with Crippen LogP contribution in [0.25, 0.3) is 0 Å². The van der Waals surface area contributed by atoms with Crippen molar-refractivity contribution in [1.82, 2.24) is 0 Å². The van der Waals surface area contributed by atoms with Gasteiger partial charge in [0.15, 0.2) is 0 Å². The number of carbonyl (C=O) groups excluding carboxylic acids is 1. The van der Waals surface area contributed by atoms with Crippen molar-refractivity contribution in [1.29, 1.82) is 5.26 Å². The predicted octanol–water partition coefficient (Wildman–Crippen LogP) is 2.95. The van der Waals surface area contributed by atoms with Crippen LogP contribution < -0.4 is 5.73 Å². The quantitative estimate of drug-likeness (QED) is 0.694. The molecule has 0 amide bonds. The lowest BCUT2D eigenvalue weighted by Crippen LogP contribution is -2.09. The summed E-state index contributed by atoms with van der Waals surface area (Å²) in [5.41, 5.74) is 7.75. The summed E-state index contributed by atoms with van der Waals surface area (Å²) in [4.78, 5) is 12.0. The van der Waals surface area contributed by atoms with Crippen LogP contribution in [0.5, 0.6) is 0 Å². The van der Waals surface area contributed by atoms with Crippen LogP contribution in [0.3, 0.4) is 0 Å². The van der Waals surface area contributed by atoms with Crippen LogP contribution in [-0.2, 0) is 11.3 Å². The van der Waals surface area contributed by atoms with Crippen LogP contribution in [0.1, 0.15) is 27.0 Å². The van der Waals surface area contributed by atoms with Crippen molar-refractivity contribution >= 4 is 11.7 Å². The molecule has 0 heterocycles. The average Bonchev–Trinajstić information content (AvgIpc) is 2.47. The third-order valence-corrected chi connectivity index (χ3v) is 2.98.